The number of carbonyl (C=O) groups excluding carboxylic acids is 2. The third-order valence-corrected chi connectivity index (χ3v) is 9.90. The Balaban J connectivity index is 1.49. The number of aliphatic hydroxyl groups is 2. The van der Waals surface area contributed by atoms with Crippen LogP contribution in [0.2, 0.25) is 0 Å². The van der Waals surface area contributed by atoms with E-state index in [1.165, 1.54) is 44.6 Å². The summed E-state index contributed by atoms with van der Waals surface area (Å²) in [5.41, 5.74) is 0.227. The van der Waals surface area contributed by atoms with Gasteiger partial charge in [0.1, 0.15) is 17.1 Å². The first-order valence-electron chi connectivity index (χ1n) is 14.4. The molecule has 0 radical (unpaired) electrons. The van der Waals surface area contributed by atoms with Gasteiger partial charge in [0.15, 0.2) is 23.0 Å². The summed E-state index contributed by atoms with van der Waals surface area (Å²) in [5, 5.41) is 46.1. The lowest BCUT2D eigenvalue weighted by Crippen LogP contribution is -2.51. The number of amides is 1. The van der Waals surface area contributed by atoms with Gasteiger partial charge in [0.25, 0.3) is 5.69 Å². The molecule has 13 heteroatoms. The maximum absolute atomic E-state index is 14.3. The molecular weight excluding hydrogens is 614 g/mol. The van der Waals surface area contributed by atoms with Crippen LogP contribution < -0.4 is 10.1 Å². The van der Waals surface area contributed by atoms with Crippen molar-refractivity contribution < 1.29 is 39.3 Å². The molecule has 1 aliphatic carbocycles. The molecule has 4 unspecified atom stereocenters. The molecule has 4 aliphatic rings. The van der Waals surface area contributed by atoms with Crippen LogP contribution in [0.3, 0.4) is 0 Å². The van der Waals surface area contributed by atoms with Crippen molar-refractivity contribution >= 4 is 40.9 Å². The molecule has 12 nitrogen and oxygen atoms in total. The summed E-state index contributed by atoms with van der Waals surface area (Å²) in [4.78, 5) is 41.8. The number of fused-ring (bicyclic) bond motifs is 4. The number of nitro groups is 1. The number of ketones is 1. The van der Waals surface area contributed by atoms with E-state index in [1.54, 1.807) is 48.2 Å². The maximum atomic E-state index is 14.3. The van der Waals surface area contributed by atoms with Crippen molar-refractivity contribution in [2.75, 3.05) is 31.2 Å². The molecule has 2 fully saturated rings. The van der Waals surface area contributed by atoms with E-state index >= 15 is 0 Å². The first-order chi connectivity index (χ1) is 22.1. The summed E-state index contributed by atoms with van der Waals surface area (Å²) >= 11 is 1.54. The minimum atomic E-state index is -1.51. The summed E-state index contributed by atoms with van der Waals surface area (Å²) in [7, 11) is 2.82. The number of allylic oxidation sites excluding steroid dienone is 5. The van der Waals surface area contributed by atoms with Crippen LogP contribution in [0.5, 0.6) is 11.5 Å². The fourth-order valence-electron chi connectivity index (χ4n) is 6.92. The molecule has 2 saturated heterocycles. The van der Waals surface area contributed by atoms with Gasteiger partial charge in [-0.3, -0.25) is 24.6 Å². The predicted molar refractivity (Wildman–Crippen MR) is 171 cm³/mol. The normalized spacial score (nSPS) is 25.8. The van der Waals surface area contributed by atoms with Crippen molar-refractivity contribution in [3.63, 3.8) is 0 Å². The fourth-order valence-corrected chi connectivity index (χ4v) is 8.24. The number of anilines is 1. The number of ether oxygens (including phenoxy) is 2. The third kappa shape index (κ3) is 5.01. The van der Waals surface area contributed by atoms with E-state index in [0.29, 0.717) is 34.0 Å². The number of non-ortho nitro benzene ring substituents is 1. The van der Waals surface area contributed by atoms with E-state index in [0.717, 1.165) is 6.08 Å². The number of hydrogen-bond acceptors (Lipinski definition) is 11. The molecule has 2 aromatic carbocycles. The number of methoxy groups -OCH3 is 2. The van der Waals surface area contributed by atoms with Crippen LogP contribution in [-0.2, 0) is 19.9 Å². The molecule has 6 rings (SSSR count). The van der Waals surface area contributed by atoms with Crippen molar-refractivity contribution in [1.29, 1.82) is 0 Å². The topological polar surface area (TPSA) is 172 Å². The fraction of sp³-hybridized carbons (Fsp3) is 0.273. The van der Waals surface area contributed by atoms with Crippen LogP contribution in [0.15, 0.2) is 89.6 Å². The van der Waals surface area contributed by atoms with Crippen LogP contribution in [0.4, 0.5) is 11.4 Å². The number of nitrogens with zero attached hydrogens (tertiary/aromatic N) is 2. The number of rotatable bonds is 8. The number of carbonyl (C=O) groups is 2. The second-order valence-electron chi connectivity index (χ2n) is 11.3. The summed E-state index contributed by atoms with van der Waals surface area (Å²) in [6, 6.07) is 8.39. The van der Waals surface area contributed by atoms with Crippen molar-refractivity contribution in [3.05, 3.63) is 111 Å². The van der Waals surface area contributed by atoms with Crippen molar-refractivity contribution in [2.45, 2.75) is 18.0 Å². The average Bonchev–Trinajstić information content (AvgIpc) is 3.66. The number of nitro benzene ring substituents is 1. The Hall–Kier alpha value is -5.01. The van der Waals surface area contributed by atoms with Gasteiger partial charge in [-0.05, 0) is 41.5 Å². The number of hydrogen-bond donors (Lipinski definition) is 4. The molecular formula is C33H31N3O9S. The highest BCUT2D eigenvalue weighted by atomic mass is 32.2. The number of nitrogens with one attached hydrogen (secondary N) is 1. The highest BCUT2D eigenvalue weighted by Crippen LogP contribution is 2.61. The van der Waals surface area contributed by atoms with Crippen LogP contribution in [0.25, 0.3) is 6.08 Å². The second kappa shape index (κ2) is 12.1. The lowest BCUT2D eigenvalue weighted by Gasteiger charge is -2.37. The minimum absolute atomic E-state index is 0.0276. The molecule has 3 aliphatic heterocycles. The van der Waals surface area contributed by atoms with Gasteiger partial charge < -0.3 is 30.1 Å². The van der Waals surface area contributed by atoms with Crippen LogP contribution in [0.1, 0.15) is 17.5 Å². The first kappa shape index (κ1) is 31.0. The molecule has 2 aromatic rings. The van der Waals surface area contributed by atoms with Crippen LogP contribution in [0, 0.1) is 22.0 Å². The standard InChI is InChI=1S/C33H31N3O9S/c1-44-28-12-18(7-11-26(28)39)6-9-21(37)15-27(40)30-24-16-46-17-35(24)33(31(30)19-4-3-5-25(38)29(13-19)45-2)22-14-20(36(42)43)8-10-23(22)34-32(33)41/h3-4,6-15,24,30-31,37-39H,5,16-17H2,1-2H3,(H,34,41)/b9-6+,21-15-. The van der Waals surface area contributed by atoms with E-state index in [4.69, 9.17) is 9.47 Å². The number of aromatic hydroxyl groups is 1. The Morgan fingerprint density at radius 1 is 1.20 bits per heavy atom. The molecule has 0 aromatic heterocycles. The third-order valence-electron chi connectivity index (χ3n) is 8.87. The first-order valence-corrected chi connectivity index (χ1v) is 15.5. The number of thioether (sulfide) groups is 1. The molecule has 1 amide bonds. The zero-order valence-corrected chi connectivity index (χ0v) is 25.7. The number of benzene rings is 2. The van der Waals surface area contributed by atoms with Crippen LogP contribution in [-0.4, -0.2) is 68.7 Å². The van der Waals surface area contributed by atoms with Gasteiger partial charge in [0.05, 0.1) is 19.1 Å². The van der Waals surface area contributed by atoms with Crippen molar-refractivity contribution in [3.8, 4) is 11.5 Å². The van der Waals surface area contributed by atoms with Gasteiger partial charge in [-0.15, -0.1) is 11.8 Å². The van der Waals surface area contributed by atoms with Gasteiger partial charge in [-0.2, -0.15) is 0 Å². The quantitative estimate of drug-likeness (QED) is 0.0989. The summed E-state index contributed by atoms with van der Waals surface area (Å²) < 4.78 is 10.6. The van der Waals surface area contributed by atoms with E-state index < -0.39 is 40.0 Å². The Labute approximate surface area is 268 Å². The SMILES string of the molecule is COC1=C(O)CC=CC(C2C(C(=O)/C=C(O)/C=C/c3ccc(O)c(OC)c3)C3CSCN3C23C(=O)Nc2ccc([N+](=O)[O-])cc23)=C1. The Morgan fingerprint density at radius 3 is 2.74 bits per heavy atom. The summed E-state index contributed by atoms with van der Waals surface area (Å²) in [6.07, 6.45) is 9.25. The summed E-state index contributed by atoms with van der Waals surface area (Å²) in [6.45, 7) is 0. The highest BCUT2D eigenvalue weighted by Gasteiger charge is 2.69. The number of phenols is 1. The van der Waals surface area contributed by atoms with Crippen LogP contribution >= 0.6 is 11.8 Å². The molecule has 46 heavy (non-hydrogen) atoms. The van der Waals surface area contributed by atoms with E-state index in [1.807, 2.05) is 4.90 Å². The molecule has 4 N–H and O–H groups in total. The molecule has 238 valence electrons. The summed E-state index contributed by atoms with van der Waals surface area (Å²) in [5.74, 6) is -1.71. The number of phenolic OH excluding ortho intramolecular Hbond substituents is 1. The molecule has 1 spiro atoms. The Bertz CT molecular complexity index is 1800. The lowest BCUT2D eigenvalue weighted by atomic mass is 9.69. The van der Waals surface area contributed by atoms with E-state index in [2.05, 4.69) is 5.32 Å². The minimum Gasteiger partial charge on any atom is -0.508 e. The molecule has 3 heterocycles. The van der Waals surface area contributed by atoms with E-state index in [9.17, 15) is 35.0 Å². The molecule has 0 saturated carbocycles. The lowest BCUT2D eigenvalue weighted by molar-refractivity contribution is -0.385. The largest absolute Gasteiger partial charge is 0.508 e. The van der Waals surface area contributed by atoms with Gasteiger partial charge in [0, 0.05) is 65.4 Å². The average molecular weight is 646 g/mol. The highest BCUT2D eigenvalue weighted by molar-refractivity contribution is 7.99. The van der Waals surface area contributed by atoms with Crippen molar-refractivity contribution in [1.82, 2.24) is 4.90 Å². The number of aliphatic hydroxyl groups excluding tert-OH is 2. The van der Waals surface area contributed by atoms with Crippen molar-refractivity contribution in [2.24, 2.45) is 11.8 Å². The van der Waals surface area contributed by atoms with Gasteiger partial charge >= 0.3 is 0 Å². The Morgan fingerprint density at radius 2 is 2.00 bits per heavy atom. The zero-order chi connectivity index (χ0) is 32.7. The maximum Gasteiger partial charge on any atom is 0.269 e. The van der Waals surface area contributed by atoms with E-state index in [-0.39, 0.29) is 40.9 Å². The monoisotopic (exact) mass is 645 g/mol. The van der Waals surface area contributed by atoms with Gasteiger partial charge in [-0.1, -0.05) is 24.3 Å². The predicted octanol–water partition coefficient (Wildman–Crippen LogP) is 5.10. The second-order valence-corrected chi connectivity index (χ2v) is 12.2. The van der Waals surface area contributed by atoms with Gasteiger partial charge in [0.2, 0.25) is 5.91 Å². The molecule has 4 atom stereocenters. The Kier molecular flexibility index (Phi) is 8.13. The smallest absolute Gasteiger partial charge is 0.269 e. The zero-order valence-electron chi connectivity index (χ0n) is 24.9. The molecule has 0 bridgehead atoms. The van der Waals surface area contributed by atoms with Gasteiger partial charge in [-0.25, -0.2) is 0 Å².